The summed E-state index contributed by atoms with van der Waals surface area (Å²) in [5.41, 5.74) is -0.996. The van der Waals surface area contributed by atoms with Crippen LogP contribution in [-0.2, 0) is 9.59 Å². The highest BCUT2D eigenvalue weighted by Crippen LogP contribution is 2.28. The number of piperazine rings is 1. The molecule has 0 aromatic carbocycles. The van der Waals surface area contributed by atoms with E-state index in [-0.39, 0.29) is 17.2 Å². The van der Waals surface area contributed by atoms with Gasteiger partial charge in [-0.05, 0) is 26.2 Å². The highest BCUT2D eigenvalue weighted by Gasteiger charge is 2.48. The maximum absolute atomic E-state index is 12.3. The predicted octanol–water partition coefficient (Wildman–Crippen LogP) is 1.16. The van der Waals surface area contributed by atoms with Crippen LogP contribution in [0.15, 0.2) is 0 Å². The first-order valence-corrected chi connectivity index (χ1v) is 5.74. The van der Waals surface area contributed by atoms with Gasteiger partial charge in [0.25, 0.3) is 0 Å². The van der Waals surface area contributed by atoms with Crippen molar-refractivity contribution in [3.63, 3.8) is 0 Å². The minimum atomic E-state index is -0.742. The molecule has 0 saturated carbocycles. The third-order valence-electron chi connectivity index (χ3n) is 3.20. The molecule has 92 valence electrons. The van der Waals surface area contributed by atoms with E-state index in [0.717, 1.165) is 0 Å². The summed E-state index contributed by atoms with van der Waals surface area (Å²) in [4.78, 5) is 25.9. The fraction of sp³-hybridized carbons (Fsp3) is 0.833. The van der Waals surface area contributed by atoms with Crippen LogP contribution in [0.2, 0.25) is 0 Å². The van der Waals surface area contributed by atoms with Crippen molar-refractivity contribution in [2.24, 2.45) is 5.41 Å². The predicted molar refractivity (Wildman–Crippen MR) is 62.9 cm³/mol. The quantitative estimate of drug-likeness (QED) is 0.729. The van der Waals surface area contributed by atoms with Gasteiger partial charge in [-0.25, -0.2) is 0 Å². The number of nitrogens with zero attached hydrogens (tertiary/aromatic N) is 1. The Morgan fingerprint density at radius 2 is 1.81 bits per heavy atom. The number of likely N-dealkylation sites (N-methyl/N-ethyl adjacent to an activating group) is 1. The average Bonchev–Trinajstić information content (AvgIpc) is 2.10. The molecule has 0 radical (unpaired) electrons. The van der Waals surface area contributed by atoms with Gasteiger partial charge in [-0.1, -0.05) is 20.8 Å². The maximum Gasteiger partial charge on any atom is 0.246 e. The number of nitrogens with one attached hydrogen (secondary N) is 1. The molecule has 1 atom stereocenters. The Bertz CT molecular complexity index is 311. The smallest absolute Gasteiger partial charge is 0.246 e. The van der Waals surface area contributed by atoms with Gasteiger partial charge < -0.3 is 10.2 Å². The molecule has 4 heteroatoms. The molecule has 0 spiro atoms. The molecule has 1 N–H and O–H groups in total. The van der Waals surface area contributed by atoms with E-state index in [0.29, 0.717) is 6.54 Å². The molecule has 1 heterocycles. The summed E-state index contributed by atoms with van der Waals surface area (Å²) < 4.78 is 0. The number of carbonyl (C=O) groups excluding carboxylic acids is 2. The second-order valence-electron chi connectivity index (χ2n) is 5.91. The fourth-order valence-corrected chi connectivity index (χ4v) is 2.06. The lowest BCUT2D eigenvalue weighted by molar-refractivity contribution is -0.158. The number of rotatable bonds is 1. The SMILES string of the molecule is CCN1C(=O)C(C(C)(C)C)NC(=O)C1(C)C. The van der Waals surface area contributed by atoms with Crippen LogP contribution in [0.5, 0.6) is 0 Å². The minimum Gasteiger partial charge on any atom is -0.342 e. The fourth-order valence-electron chi connectivity index (χ4n) is 2.06. The van der Waals surface area contributed by atoms with Crippen molar-refractivity contribution < 1.29 is 9.59 Å². The van der Waals surface area contributed by atoms with E-state index >= 15 is 0 Å². The molecule has 0 bridgehead atoms. The lowest BCUT2D eigenvalue weighted by Crippen LogP contribution is -2.70. The summed E-state index contributed by atoms with van der Waals surface area (Å²) in [5, 5.41) is 2.83. The van der Waals surface area contributed by atoms with Crippen LogP contribution in [-0.4, -0.2) is 34.8 Å². The van der Waals surface area contributed by atoms with E-state index < -0.39 is 11.6 Å². The molecular weight excluding hydrogens is 204 g/mol. The third kappa shape index (κ3) is 1.93. The van der Waals surface area contributed by atoms with E-state index in [1.165, 1.54) is 0 Å². The van der Waals surface area contributed by atoms with Gasteiger partial charge in [-0.3, -0.25) is 9.59 Å². The normalized spacial score (nSPS) is 25.6. The Balaban J connectivity index is 3.09. The van der Waals surface area contributed by atoms with Gasteiger partial charge in [0.15, 0.2) is 0 Å². The largest absolute Gasteiger partial charge is 0.342 e. The first kappa shape index (κ1) is 13.0. The first-order chi connectivity index (χ1) is 7.12. The second-order valence-corrected chi connectivity index (χ2v) is 5.91. The van der Waals surface area contributed by atoms with E-state index in [1.807, 2.05) is 27.7 Å². The monoisotopic (exact) mass is 226 g/mol. The average molecular weight is 226 g/mol. The molecule has 1 unspecified atom stereocenters. The topological polar surface area (TPSA) is 49.4 Å². The van der Waals surface area contributed by atoms with Crippen molar-refractivity contribution in [2.45, 2.75) is 53.1 Å². The molecule has 1 rings (SSSR count). The van der Waals surface area contributed by atoms with Crippen molar-refractivity contribution in [3.8, 4) is 0 Å². The zero-order valence-electron chi connectivity index (χ0n) is 11.0. The first-order valence-electron chi connectivity index (χ1n) is 5.74. The van der Waals surface area contributed by atoms with E-state index in [9.17, 15) is 9.59 Å². The van der Waals surface area contributed by atoms with Gasteiger partial charge in [-0.2, -0.15) is 0 Å². The van der Waals surface area contributed by atoms with E-state index in [1.54, 1.807) is 18.7 Å². The van der Waals surface area contributed by atoms with Crippen molar-refractivity contribution in [1.29, 1.82) is 0 Å². The van der Waals surface area contributed by atoms with Crippen LogP contribution < -0.4 is 5.32 Å². The molecular formula is C12H22N2O2. The van der Waals surface area contributed by atoms with Gasteiger partial charge >= 0.3 is 0 Å². The Kier molecular flexibility index (Phi) is 3.05. The van der Waals surface area contributed by atoms with Crippen molar-refractivity contribution in [2.75, 3.05) is 6.54 Å². The molecule has 0 aromatic heterocycles. The van der Waals surface area contributed by atoms with Crippen LogP contribution in [0.3, 0.4) is 0 Å². The summed E-state index contributed by atoms with van der Waals surface area (Å²) in [7, 11) is 0. The summed E-state index contributed by atoms with van der Waals surface area (Å²) in [6.45, 7) is 11.9. The van der Waals surface area contributed by atoms with Gasteiger partial charge in [0.1, 0.15) is 11.6 Å². The van der Waals surface area contributed by atoms with Crippen LogP contribution in [0.4, 0.5) is 0 Å². The summed E-state index contributed by atoms with van der Waals surface area (Å²) >= 11 is 0. The molecule has 1 fully saturated rings. The van der Waals surface area contributed by atoms with Gasteiger partial charge in [0.05, 0.1) is 0 Å². The lowest BCUT2D eigenvalue weighted by atomic mass is 9.82. The third-order valence-corrected chi connectivity index (χ3v) is 3.20. The minimum absolute atomic E-state index is 0.0135. The highest BCUT2D eigenvalue weighted by atomic mass is 16.2. The highest BCUT2D eigenvalue weighted by molar-refractivity contribution is 5.99. The summed E-state index contributed by atoms with van der Waals surface area (Å²) in [6.07, 6.45) is 0. The van der Waals surface area contributed by atoms with Gasteiger partial charge in [0, 0.05) is 6.54 Å². The van der Waals surface area contributed by atoms with Crippen molar-refractivity contribution in [3.05, 3.63) is 0 Å². The van der Waals surface area contributed by atoms with Gasteiger partial charge in [-0.15, -0.1) is 0 Å². The van der Waals surface area contributed by atoms with E-state index in [4.69, 9.17) is 0 Å². The molecule has 2 amide bonds. The summed E-state index contributed by atoms with van der Waals surface area (Å²) in [5.74, 6) is -0.0616. The molecule has 1 saturated heterocycles. The summed E-state index contributed by atoms with van der Waals surface area (Å²) in [6, 6.07) is -0.423. The number of hydrogen-bond acceptors (Lipinski definition) is 2. The van der Waals surface area contributed by atoms with Crippen LogP contribution in [0.25, 0.3) is 0 Å². The molecule has 1 aliphatic heterocycles. The number of amides is 2. The zero-order chi connectivity index (χ0) is 12.7. The van der Waals surface area contributed by atoms with Crippen molar-refractivity contribution >= 4 is 11.8 Å². The second kappa shape index (κ2) is 3.75. The number of carbonyl (C=O) groups is 2. The molecule has 16 heavy (non-hydrogen) atoms. The number of hydrogen-bond donors (Lipinski definition) is 1. The molecule has 1 aliphatic rings. The standard InChI is InChI=1S/C12H22N2O2/c1-7-14-9(15)8(11(2,3)4)13-10(16)12(14,5)6/h8H,7H2,1-6H3,(H,13,16). The zero-order valence-corrected chi connectivity index (χ0v) is 11.0. The molecule has 4 nitrogen and oxygen atoms in total. The Hall–Kier alpha value is -1.06. The van der Waals surface area contributed by atoms with Crippen LogP contribution in [0, 0.1) is 5.41 Å². The van der Waals surface area contributed by atoms with Crippen molar-refractivity contribution in [1.82, 2.24) is 10.2 Å². The van der Waals surface area contributed by atoms with Crippen LogP contribution in [0.1, 0.15) is 41.5 Å². The maximum atomic E-state index is 12.3. The molecule has 0 aliphatic carbocycles. The Morgan fingerprint density at radius 1 is 1.31 bits per heavy atom. The van der Waals surface area contributed by atoms with Gasteiger partial charge in [0.2, 0.25) is 11.8 Å². The Morgan fingerprint density at radius 3 is 2.19 bits per heavy atom. The Labute approximate surface area is 97.4 Å². The molecule has 0 aromatic rings. The van der Waals surface area contributed by atoms with E-state index in [2.05, 4.69) is 5.32 Å². The lowest BCUT2D eigenvalue weighted by Gasteiger charge is -2.47. The van der Waals surface area contributed by atoms with Crippen LogP contribution >= 0.6 is 0 Å².